The number of nitrogens with zero attached hydrogens (tertiary/aromatic N) is 2. The molecule has 0 spiro atoms. The van der Waals surface area contributed by atoms with Crippen LogP contribution in [0.5, 0.6) is 0 Å². The molecule has 0 bridgehead atoms. The van der Waals surface area contributed by atoms with Gasteiger partial charge in [-0.25, -0.2) is 4.68 Å². The highest BCUT2D eigenvalue weighted by molar-refractivity contribution is 5.72. The number of esters is 1. The molecule has 1 aromatic carbocycles. The zero-order valence-corrected chi connectivity index (χ0v) is 10.6. The van der Waals surface area contributed by atoms with Crippen LogP contribution >= 0.6 is 0 Å². The Kier molecular flexibility index (Phi) is 4.07. The first-order valence-corrected chi connectivity index (χ1v) is 5.86. The highest BCUT2D eigenvalue weighted by Gasteiger charge is 2.08. The lowest BCUT2D eigenvalue weighted by atomic mass is 10.0. The quantitative estimate of drug-likeness (QED) is 0.768. The average molecular weight is 258 g/mol. The van der Waals surface area contributed by atoms with Crippen molar-refractivity contribution < 1.29 is 9.53 Å². The van der Waals surface area contributed by atoms with Gasteiger partial charge in [-0.05, 0) is 17.2 Å². The normalized spacial score (nSPS) is 10.2. The number of carbonyl (C=O) groups excluding carboxylic acids is 1. The molecule has 0 atom stereocenters. The zero-order valence-electron chi connectivity index (χ0n) is 10.6. The van der Waals surface area contributed by atoms with E-state index in [-0.39, 0.29) is 17.9 Å². The number of ether oxygens (including phenoxy) is 1. The lowest BCUT2D eigenvalue weighted by Gasteiger charge is -2.09. The summed E-state index contributed by atoms with van der Waals surface area (Å²) in [5.41, 5.74) is 1.55. The van der Waals surface area contributed by atoms with Crippen molar-refractivity contribution in [3.05, 3.63) is 64.1 Å². The summed E-state index contributed by atoms with van der Waals surface area (Å²) in [6, 6.07) is 10.5. The third-order valence-electron chi connectivity index (χ3n) is 2.79. The van der Waals surface area contributed by atoms with E-state index < -0.39 is 0 Å². The van der Waals surface area contributed by atoms with E-state index in [1.54, 1.807) is 12.3 Å². The molecule has 0 unspecified atom stereocenters. The first-order valence-electron chi connectivity index (χ1n) is 5.86. The van der Waals surface area contributed by atoms with E-state index in [9.17, 15) is 9.59 Å². The van der Waals surface area contributed by atoms with Crippen LogP contribution < -0.4 is 5.56 Å². The van der Waals surface area contributed by atoms with E-state index in [2.05, 4.69) is 9.84 Å². The van der Waals surface area contributed by atoms with Gasteiger partial charge in [-0.15, -0.1) is 0 Å². The van der Waals surface area contributed by atoms with Crippen LogP contribution in [-0.2, 0) is 22.5 Å². The summed E-state index contributed by atoms with van der Waals surface area (Å²) >= 11 is 0. The van der Waals surface area contributed by atoms with Gasteiger partial charge in [0.05, 0.1) is 20.1 Å². The van der Waals surface area contributed by atoms with Gasteiger partial charge in [-0.3, -0.25) is 9.59 Å². The van der Waals surface area contributed by atoms with E-state index in [0.29, 0.717) is 6.54 Å². The molecule has 98 valence electrons. The zero-order chi connectivity index (χ0) is 13.7. The van der Waals surface area contributed by atoms with E-state index in [1.165, 1.54) is 17.9 Å². The molecule has 0 fully saturated rings. The number of hydrogen-bond donors (Lipinski definition) is 0. The third kappa shape index (κ3) is 3.28. The third-order valence-corrected chi connectivity index (χ3v) is 2.79. The van der Waals surface area contributed by atoms with Crippen molar-refractivity contribution in [1.29, 1.82) is 0 Å². The summed E-state index contributed by atoms with van der Waals surface area (Å²) in [6.45, 7) is 0.340. The van der Waals surface area contributed by atoms with Gasteiger partial charge in [0.25, 0.3) is 5.56 Å². The predicted molar refractivity (Wildman–Crippen MR) is 69.8 cm³/mol. The van der Waals surface area contributed by atoms with Gasteiger partial charge in [0.2, 0.25) is 0 Å². The monoisotopic (exact) mass is 258 g/mol. The first-order chi connectivity index (χ1) is 9.20. The Hall–Kier alpha value is -2.43. The molecule has 0 amide bonds. The molecule has 2 rings (SSSR count). The van der Waals surface area contributed by atoms with Gasteiger partial charge in [-0.1, -0.05) is 24.3 Å². The van der Waals surface area contributed by atoms with Gasteiger partial charge in [0, 0.05) is 12.3 Å². The highest BCUT2D eigenvalue weighted by Crippen LogP contribution is 2.11. The summed E-state index contributed by atoms with van der Waals surface area (Å²) in [7, 11) is 1.36. The van der Waals surface area contributed by atoms with Crippen molar-refractivity contribution in [1.82, 2.24) is 9.78 Å². The maximum atomic E-state index is 11.6. The lowest BCUT2D eigenvalue weighted by molar-refractivity contribution is -0.139. The maximum absolute atomic E-state index is 11.6. The van der Waals surface area contributed by atoms with E-state index in [1.807, 2.05) is 24.3 Å². The van der Waals surface area contributed by atoms with Gasteiger partial charge in [0.15, 0.2) is 0 Å². The minimum atomic E-state index is -0.305. The van der Waals surface area contributed by atoms with Crippen LogP contribution in [0.25, 0.3) is 0 Å². The molecule has 0 saturated heterocycles. The topological polar surface area (TPSA) is 61.2 Å². The Balaban J connectivity index is 2.28. The molecule has 5 heteroatoms. The van der Waals surface area contributed by atoms with Gasteiger partial charge >= 0.3 is 5.97 Å². The van der Waals surface area contributed by atoms with Crippen molar-refractivity contribution in [3.8, 4) is 0 Å². The largest absolute Gasteiger partial charge is 0.469 e. The summed E-state index contributed by atoms with van der Waals surface area (Å²) in [5, 5.41) is 4.00. The fourth-order valence-corrected chi connectivity index (χ4v) is 1.78. The maximum Gasteiger partial charge on any atom is 0.309 e. The predicted octanol–water partition coefficient (Wildman–Crippen LogP) is 1.01. The average Bonchev–Trinajstić information content (AvgIpc) is 2.43. The van der Waals surface area contributed by atoms with Crippen LogP contribution in [0.1, 0.15) is 11.1 Å². The minimum absolute atomic E-state index is 0.171. The molecule has 0 aliphatic rings. The van der Waals surface area contributed by atoms with E-state index in [4.69, 9.17) is 0 Å². The fourth-order valence-electron chi connectivity index (χ4n) is 1.78. The van der Waals surface area contributed by atoms with Crippen LogP contribution in [-0.4, -0.2) is 22.9 Å². The molecular weight excluding hydrogens is 244 g/mol. The lowest BCUT2D eigenvalue weighted by Crippen LogP contribution is -2.22. The van der Waals surface area contributed by atoms with Crippen molar-refractivity contribution in [3.63, 3.8) is 0 Å². The van der Waals surface area contributed by atoms with Gasteiger partial charge in [0.1, 0.15) is 0 Å². The number of rotatable bonds is 4. The van der Waals surface area contributed by atoms with E-state index >= 15 is 0 Å². The number of hydrogen-bond acceptors (Lipinski definition) is 4. The van der Waals surface area contributed by atoms with Crippen LogP contribution in [0.15, 0.2) is 47.4 Å². The Bertz CT molecular complexity index is 634. The summed E-state index contributed by atoms with van der Waals surface area (Å²) < 4.78 is 6.02. The summed E-state index contributed by atoms with van der Waals surface area (Å²) in [5.74, 6) is -0.305. The second kappa shape index (κ2) is 5.95. The number of benzene rings is 1. The van der Waals surface area contributed by atoms with Gasteiger partial charge in [-0.2, -0.15) is 5.10 Å². The second-order valence-corrected chi connectivity index (χ2v) is 4.04. The van der Waals surface area contributed by atoms with E-state index in [0.717, 1.165) is 11.1 Å². The molecular formula is C14H14N2O3. The Morgan fingerprint density at radius 2 is 1.95 bits per heavy atom. The standard InChI is InChI=1S/C14H14N2O3/c1-19-14(18)9-11-5-2-3-6-12(11)10-16-13(17)7-4-8-15-16/h2-8H,9-10H2,1H3. The molecule has 1 aromatic heterocycles. The van der Waals surface area contributed by atoms with Crippen molar-refractivity contribution >= 4 is 5.97 Å². The van der Waals surface area contributed by atoms with Crippen molar-refractivity contribution in [2.24, 2.45) is 0 Å². The molecule has 19 heavy (non-hydrogen) atoms. The second-order valence-electron chi connectivity index (χ2n) is 4.04. The number of carbonyl (C=O) groups is 1. The molecule has 1 heterocycles. The molecule has 0 aliphatic carbocycles. The molecule has 0 radical (unpaired) electrons. The number of aromatic nitrogens is 2. The molecule has 0 aliphatic heterocycles. The fraction of sp³-hybridized carbons (Fsp3) is 0.214. The molecule has 0 N–H and O–H groups in total. The van der Waals surface area contributed by atoms with Crippen LogP contribution in [0, 0.1) is 0 Å². The first kappa shape index (κ1) is 13.0. The van der Waals surface area contributed by atoms with Gasteiger partial charge < -0.3 is 4.74 Å². The smallest absolute Gasteiger partial charge is 0.309 e. The SMILES string of the molecule is COC(=O)Cc1ccccc1Cn1ncccc1=O. The van der Waals surface area contributed by atoms with Crippen LogP contribution in [0.2, 0.25) is 0 Å². The summed E-state index contributed by atoms with van der Waals surface area (Å²) in [6.07, 6.45) is 1.75. The summed E-state index contributed by atoms with van der Waals surface area (Å²) in [4.78, 5) is 23.0. The van der Waals surface area contributed by atoms with Crippen LogP contribution in [0.4, 0.5) is 0 Å². The van der Waals surface area contributed by atoms with Crippen LogP contribution in [0.3, 0.4) is 0 Å². The highest BCUT2D eigenvalue weighted by atomic mass is 16.5. The molecule has 0 saturated carbocycles. The molecule has 2 aromatic rings. The Morgan fingerprint density at radius 1 is 1.21 bits per heavy atom. The minimum Gasteiger partial charge on any atom is -0.469 e. The molecule has 5 nitrogen and oxygen atoms in total. The Morgan fingerprint density at radius 3 is 2.63 bits per heavy atom. The Labute approximate surface area is 110 Å². The number of methoxy groups -OCH3 is 1. The van der Waals surface area contributed by atoms with Crippen molar-refractivity contribution in [2.45, 2.75) is 13.0 Å². The van der Waals surface area contributed by atoms with Crippen molar-refractivity contribution in [2.75, 3.05) is 7.11 Å².